The maximum Gasteiger partial charge on any atom is 0.210 e. The number of alkyl halides is 1. The lowest BCUT2D eigenvalue weighted by molar-refractivity contribution is 0.587. The van der Waals surface area contributed by atoms with Gasteiger partial charge in [0.1, 0.15) is 5.84 Å². The predicted molar refractivity (Wildman–Crippen MR) is 83.9 cm³/mol. The minimum atomic E-state index is -3.35. The van der Waals surface area contributed by atoms with E-state index in [1.54, 1.807) is 32.0 Å². The van der Waals surface area contributed by atoms with Crippen LogP contribution < -0.4 is 5.73 Å². The van der Waals surface area contributed by atoms with Crippen molar-refractivity contribution in [3.8, 4) is 0 Å². The topological polar surface area (TPSA) is 85.4 Å². The predicted octanol–water partition coefficient (Wildman–Crippen LogP) is 2.71. The number of aromatic nitrogens is 1. The van der Waals surface area contributed by atoms with E-state index in [-0.39, 0.29) is 10.2 Å². The number of sulfone groups is 1. The van der Waals surface area contributed by atoms with Crippen LogP contribution in [-0.2, 0) is 9.84 Å². The van der Waals surface area contributed by atoms with E-state index in [4.69, 9.17) is 17.3 Å². The van der Waals surface area contributed by atoms with Crippen LogP contribution in [0.4, 0.5) is 5.69 Å². The Labute approximate surface area is 126 Å². The maximum absolute atomic E-state index is 12.1. The minimum absolute atomic E-state index is 0.133. The van der Waals surface area contributed by atoms with Gasteiger partial charge in [0.05, 0.1) is 27.0 Å². The van der Waals surface area contributed by atoms with Gasteiger partial charge < -0.3 is 5.73 Å². The molecule has 1 aromatic carbocycles. The van der Waals surface area contributed by atoms with Crippen LogP contribution in [0.1, 0.15) is 13.8 Å². The van der Waals surface area contributed by atoms with Crippen molar-refractivity contribution in [3.63, 3.8) is 0 Å². The fraction of sp³-hybridized carbons (Fsp3) is 0.333. The number of rotatable bonds is 4. The summed E-state index contributed by atoms with van der Waals surface area (Å²) in [6.07, 6.45) is 0. The minimum Gasteiger partial charge on any atom is -0.386 e. The van der Waals surface area contributed by atoms with E-state index in [0.717, 1.165) is 16.0 Å². The van der Waals surface area contributed by atoms with Crippen LogP contribution in [0.5, 0.6) is 0 Å². The van der Waals surface area contributed by atoms with Crippen LogP contribution in [0.2, 0.25) is 0 Å². The summed E-state index contributed by atoms with van der Waals surface area (Å²) < 4.78 is 25.1. The van der Waals surface area contributed by atoms with Gasteiger partial charge in [-0.25, -0.2) is 18.4 Å². The lowest BCUT2D eigenvalue weighted by atomic mass is 10.3. The van der Waals surface area contributed by atoms with E-state index in [0.29, 0.717) is 17.0 Å². The highest BCUT2D eigenvalue weighted by molar-refractivity contribution is 7.94. The van der Waals surface area contributed by atoms with Crippen molar-refractivity contribution in [3.05, 3.63) is 18.2 Å². The van der Waals surface area contributed by atoms with Crippen LogP contribution in [0, 0.1) is 0 Å². The summed E-state index contributed by atoms with van der Waals surface area (Å²) in [5.41, 5.74) is 6.84. The third-order valence-corrected chi connectivity index (χ3v) is 6.48. The second kappa shape index (κ2) is 5.67. The van der Waals surface area contributed by atoms with Crippen LogP contribution >= 0.6 is 22.9 Å². The Kier molecular flexibility index (Phi) is 4.31. The van der Waals surface area contributed by atoms with Crippen molar-refractivity contribution >= 4 is 54.5 Å². The van der Waals surface area contributed by atoms with Crippen molar-refractivity contribution < 1.29 is 8.42 Å². The maximum atomic E-state index is 12.1. The van der Waals surface area contributed by atoms with Gasteiger partial charge in [0.2, 0.25) is 14.2 Å². The number of benzene rings is 1. The summed E-state index contributed by atoms with van der Waals surface area (Å²) in [5, 5.41) is -0.493. The summed E-state index contributed by atoms with van der Waals surface area (Å²) in [7, 11) is -3.35. The molecule has 2 N–H and O–H groups in total. The van der Waals surface area contributed by atoms with E-state index in [9.17, 15) is 8.42 Å². The van der Waals surface area contributed by atoms with Crippen LogP contribution in [0.25, 0.3) is 10.2 Å². The first-order valence-electron chi connectivity index (χ1n) is 5.88. The Morgan fingerprint density at radius 2 is 2.20 bits per heavy atom. The van der Waals surface area contributed by atoms with Gasteiger partial charge in [-0.05, 0) is 32.0 Å². The summed E-state index contributed by atoms with van der Waals surface area (Å²) in [6, 6.07) is 5.21. The van der Waals surface area contributed by atoms with Crippen molar-refractivity contribution in [1.82, 2.24) is 4.98 Å². The number of aliphatic imine (C=N–C) groups is 1. The van der Waals surface area contributed by atoms with Gasteiger partial charge in [-0.15, -0.1) is 22.9 Å². The molecular weight excluding hydrogens is 318 g/mol. The van der Waals surface area contributed by atoms with Gasteiger partial charge in [0, 0.05) is 0 Å². The molecular formula is C12H14ClN3O2S2. The second-order valence-electron chi connectivity index (χ2n) is 4.46. The zero-order valence-corrected chi connectivity index (χ0v) is 13.4. The van der Waals surface area contributed by atoms with Crippen LogP contribution in [0.3, 0.4) is 0 Å². The molecule has 0 spiro atoms. The molecule has 2 rings (SSSR count). The summed E-state index contributed by atoms with van der Waals surface area (Å²) in [6.45, 7) is 3.27. The molecule has 0 saturated carbocycles. The molecule has 0 saturated heterocycles. The molecule has 1 aromatic heterocycles. The Bertz CT molecular complexity index is 766. The lowest BCUT2D eigenvalue weighted by Crippen LogP contribution is -2.13. The molecule has 0 atom stereocenters. The molecule has 108 valence electrons. The van der Waals surface area contributed by atoms with Crippen LogP contribution in [0.15, 0.2) is 27.5 Å². The van der Waals surface area contributed by atoms with E-state index in [2.05, 4.69) is 9.98 Å². The highest BCUT2D eigenvalue weighted by Crippen LogP contribution is 2.30. The third-order valence-electron chi connectivity index (χ3n) is 2.63. The monoisotopic (exact) mass is 331 g/mol. The van der Waals surface area contributed by atoms with Crippen molar-refractivity contribution in [1.29, 1.82) is 0 Å². The Hall–Kier alpha value is -1.18. The fourth-order valence-corrected chi connectivity index (χ4v) is 4.21. The SMILES string of the molecule is CC(C)S(=O)(=O)c1nc2ccc(N=C(N)CCl)cc2s1. The third kappa shape index (κ3) is 2.94. The number of halogens is 1. The number of fused-ring (bicyclic) bond motifs is 1. The van der Waals surface area contributed by atoms with Gasteiger partial charge in [-0.3, -0.25) is 0 Å². The number of thiazole rings is 1. The first-order chi connectivity index (χ1) is 9.34. The Morgan fingerprint density at radius 3 is 2.80 bits per heavy atom. The van der Waals surface area contributed by atoms with Gasteiger partial charge in [-0.1, -0.05) is 0 Å². The highest BCUT2D eigenvalue weighted by Gasteiger charge is 2.23. The second-order valence-corrected chi connectivity index (χ2v) is 8.44. The van der Waals surface area contributed by atoms with E-state index in [1.165, 1.54) is 0 Å². The molecule has 0 radical (unpaired) electrons. The average Bonchev–Trinajstić information content (AvgIpc) is 2.82. The normalized spacial score (nSPS) is 13.3. The number of hydrogen-bond acceptors (Lipinski definition) is 5. The zero-order valence-electron chi connectivity index (χ0n) is 11.0. The van der Waals surface area contributed by atoms with E-state index >= 15 is 0 Å². The fourth-order valence-electron chi connectivity index (χ4n) is 1.48. The number of amidine groups is 1. The molecule has 20 heavy (non-hydrogen) atoms. The highest BCUT2D eigenvalue weighted by atomic mass is 35.5. The first kappa shape index (κ1) is 15.2. The summed E-state index contributed by atoms with van der Waals surface area (Å²) in [4.78, 5) is 8.30. The quantitative estimate of drug-likeness (QED) is 0.530. The molecule has 0 amide bonds. The van der Waals surface area contributed by atoms with Gasteiger partial charge in [0.25, 0.3) is 0 Å². The van der Waals surface area contributed by atoms with Crippen molar-refractivity contribution in [2.45, 2.75) is 23.4 Å². The largest absolute Gasteiger partial charge is 0.386 e. The summed E-state index contributed by atoms with van der Waals surface area (Å²) in [5.74, 6) is 0.457. The average molecular weight is 332 g/mol. The molecule has 0 aliphatic rings. The standard InChI is InChI=1S/C12H14ClN3O2S2/c1-7(2)20(17,18)12-16-9-4-3-8(5-10(9)19-12)15-11(14)6-13/h3-5,7H,6H2,1-2H3,(H2,14,15). The van der Waals surface area contributed by atoms with Gasteiger partial charge >= 0.3 is 0 Å². The number of nitrogens with zero attached hydrogens (tertiary/aromatic N) is 2. The van der Waals surface area contributed by atoms with Gasteiger partial charge in [-0.2, -0.15) is 0 Å². The molecule has 0 unspecified atom stereocenters. The van der Waals surface area contributed by atoms with E-state index < -0.39 is 15.1 Å². The lowest BCUT2D eigenvalue weighted by Gasteiger charge is -2.01. The molecule has 2 aromatic rings. The van der Waals surface area contributed by atoms with Crippen molar-refractivity contribution in [2.24, 2.45) is 10.7 Å². The molecule has 0 aliphatic carbocycles. The molecule has 5 nitrogen and oxygen atoms in total. The zero-order chi connectivity index (χ0) is 14.9. The number of nitrogens with two attached hydrogens (primary N) is 1. The molecule has 0 bridgehead atoms. The van der Waals surface area contributed by atoms with E-state index in [1.807, 2.05) is 0 Å². The van der Waals surface area contributed by atoms with Crippen LogP contribution in [-0.4, -0.2) is 30.4 Å². The molecule has 0 fully saturated rings. The molecule has 8 heteroatoms. The summed E-state index contributed by atoms with van der Waals surface area (Å²) >= 11 is 6.71. The molecule has 0 aliphatic heterocycles. The smallest absolute Gasteiger partial charge is 0.210 e. The van der Waals surface area contributed by atoms with Crippen molar-refractivity contribution in [2.75, 3.05) is 5.88 Å². The Balaban J connectivity index is 2.51. The number of hydrogen-bond donors (Lipinski definition) is 1. The van der Waals surface area contributed by atoms with Gasteiger partial charge in [0.15, 0.2) is 0 Å². The first-order valence-corrected chi connectivity index (χ1v) is 8.78. The Morgan fingerprint density at radius 1 is 1.50 bits per heavy atom. The molecule has 1 heterocycles.